The van der Waals surface area contributed by atoms with Crippen LogP contribution in [-0.2, 0) is 27.6 Å². The Hall–Kier alpha value is -3.40. The van der Waals surface area contributed by atoms with Crippen LogP contribution in [0.4, 0.5) is 18.0 Å². The highest BCUT2D eigenvalue weighted by molar-refractivity contribution is 7.84. The third kappa shape index (κ3) is 11.5. The second-order valence-electron chi connectivity index (χ2n) is 9.08. The van der Waals surface area contributed by atoms with Crippen LogP contribution in [0.2, 0.25) is 5.02 Å². The average molecular weight is 596 g/mol. The summed E-state index contributed by atoms with van der Waals surface area (Å²) in [6, 6.07) is 8.45. The molecular formula is C23H25ClF3N3O8S. The van der Waals surface area contributed by atoms with E-state index in [-0.39, 0.29) is 30.4 Å². The molecule has 0 spiro atoms. The van der Waals surface area contributed by atoms with Crippen LogP contribution in [0.25, 0.3) is 11.5 Å². The highest BCUT2D eigenvalue weighted by atomic mass is 35.5. The first-order valence-electron chi connectivity index (χ1n) is 10.9. The van der Waals surface area contributed by atoms with Gasteiger partial charge in [-0.15, -0.1) is 5.10 Å². The van der Waals surface area contributed by atoms with Crippen LogP contribution in [-0.4, -0.2) is 73.9 Å². The van der Waals surface area contributed by atoms with E-state index in [1.165, 1.54) is 18.2 Å². The Morgan fingerprint density at radius 1 is 1.15 bits per heavy atom. The number of likely N-dealkylation sites (N-methyl/N-ethyl adjacent to an activating group) is 1. The first-order chi connectivity index (χ1) is 17.8. The monoisotopic (exact) mass is 595 g/mol. The summed E-state index contributed by atoms with van der Waals surface area (Å²) in [7, 11) is 1.92. The molecule has 0 fully saturated rings. The van der Waals surface area contributed by atoms with E-state index >= 15 is 0 Å². The molecule has 2 aromatic carbocycles. The number of nitrogens with zero attached hydrogens (tertiary/aromatic N) is 3. The lowest BCUT2D eigenvalue weighted by atomic mass is 10.1. The van der Waals surface area contributed by atoms with Crippen molar-refractivity contribution in [3.63, 3.8) is 0 Å². The summed E-state index contributed by atoms with van der Waals surface area (Å²) in [5, 5.41) is 4.35. The molecule has 1 aromatic heterocycles. The molecule has 1 heterocycles. The largest absolute Gasteiger partial charge is 0.748 e. The predicted molar refractivity (Wildman–Crippen MR) is 132 cm³/mol. The number of rotatable bonds is 7. The van der Waals surface area contributed by atoms with Gasteiger partial charge in [0.1, 0.15) is 18.9 Å². The smallest absolute Gasteiger partial charge is 0.514 e. The van der Waals surface area contributed by atoms with Crippen LogP contribution in [0.15, 0.2) is 51.7 Å². The van der Waals surface area contributed by atoms with Gasteiger partial charge >= 0.3 is 18.1 Å². The highest BCUT2D eigenvalue weighted by Gasteiger charge is 2.30. The molecule has 0 N–H and O–H groups in total. The van der Waals surface area contributed by atoms with E-state index in [0.29, 0.717) is 27.9 Å². The summed E-state index contributed by atoms with van der Waals surface area (Å²) >= 11 is 6.05. The predicted octanol–water partition coefficient (Wildman–Crippen LogP) is 3.61. The van der Waals surface area contributed by atoms with Gasteiger partial charge in [-0.05, 0) is 42.5 Å². The van der Waals surface area contributed by atoms with Crippen molar-refractivity contribution in [2.24, 2.45) is 0 Å². The van der Waals surface area contributed by atoms with Gasteiger partial charge in [0.2, 0.25) is 5.89 Å². The van der Waals surface area contributed by atoms with E-state index in [2.05, 4.69) is 5.10 Å². The van der Waals surface area contributed by atoms with Crippen molar-refractivity contribution in [1.82, 2.24) is 9.78 Å². The number of benzene rings is 2. The first kappa shape index (κ1) is 31.8. The zero-order valence-electron chi connectivity index (χ0n) is 21.2. The molecule has 16 heteroatoms. The van der Waals surface area contributed by atoms with Gasteiger partial charge in [-0.2, -0.15) is 17.9 Å². The van der Waals surface area contributed by atoms with Gasteiger partial charge in [-0.25, -0.2) is 18.0 Å². The van der Waals surface area contributed by atoms with E-state index < -0.39 is 33.8 Å². The summed E-state index contributed by atoms with van der Waals surface area (Å²) < 4.78 is 82.5. The molecule has 0 saturated carbocycles. The topological polar surface area (TPSA) is 141 Å². The number of carbonyl (C=O) groups excluding carboxylic acids is 1. The summed E-state index contributed by atoms with van der Waals surface area (Å²) in [4.78, 5) is 24.4. The Labute approximate surface area is 226 Å². The molecule has 0 aliphatic heterocycles. The van der Waals surface area contributed by atoms with Crippen LogP contribution >= 0.6 is 11.6 Å². The molecule has 0 atom stereocenters. The molecule has 3 aromatic rings. The molecule has 11 nitrogen and oxygen atoms in total. The quantitative estimate of drug-likeness (QED) is 0.173. The van der Waals surface area contributed by atoms with Gasteiger partial charge in [0.15, 0.2) is 0 Å². The van der Waals surface area contributed by atoms with Gasteiger partial charge in [0, 0.05) is 22.4 Å². The molecule has 0 saturated heterocycles. The maximum absolute atomic E-state index is 12.8. The lowest BCUT2D eigenvalue weighted by Crippen LogP contribution is -2.38. The Morgan fingerprint density at radius 2 is 1.74 bits per heavy atom. The van der Waals surface area contributed by atoms with Crippen molar-refractivity contribution in [3.05, 3.63) is 69.2 Å². The molecular weight excluding hydrogens is 571 g/mol. The molecule has 3 rings (SSSR count). The Balaban J connectivity index is 0.000000976. The minimum atomic E-state index is -4.49. The minimum absolute atomic E-state index is 0.102. The van der Waals surface area contributed by atoms with Gasteiger partial charge in [-0.3, -0.25) is 0 Å². The highest BCUT2D eigenvalue weighted by Crippen LogP contribution is 2.30. The van der Waals surface area contributed by atoms with E-state index in [1.54, 1.807) is 0 Å². The fraction of sp³-hybridized carbons (Fsp3) is 0.348. The van der Waals surface area contributed by atoms with Crippen LogP contribution in [0.3, 0.4) is 0 Å². The minimum Gasteiger partial charge on any atom is -0.748 e. The van der Waals surface area contributed by atoms with Crippen LogP contribution in [0, 0.1) is 0 Å². The number of carbonyl (C=O) groups is 1. The maximum atomic E-state index is 12.8. The fourth-order valence-electron chi connectivity index (χ4n) is 2.78. The van der Waals surface area contributed by atoms with Gasteiger partial charge in [0.05, 0.1) is 43.4 Å². The number of hydrogen-bond donors (Lipinski definition) is 0. The summed E-state index contributed by atoms with van der Waals surface area (Å²) in [6.07, 6.45) is -4.81. The molecule has 0 unspecified atom stereocenters. The number of hydrogen-bond acceptors (Lipinski definition) is 9. The van der Waals surface area contributed by atoms with Crippen molar-refractivity contribution in [2.45, 2.75) is 12.7 Å². The Bertz CT molecular complexity index is 1440. The summed E-state index contributed by atoms with van der Waals surface area (Å²) in [5.74, 6) is -0.917. The lowest BCUT2D eigenvalue weighted by Gasteiger charge is -2.23. The zero-order chi connectivity index (χ0) is 29.6. The first-order valence-corrected chi connectivity index (χ1v) is 13.1. The maximum Gasteiger partial charge on any atom is 0.514 e. The van der Waals surface area contributed by atoms with Gasteiger partial charge in [0.25, 0.3) is 0 Å². The van der Waals surface area contributed by atoms with Crippen LogP contribution in [0.5, 0.6) is 5.75 Å². The van der Waals surface area contributed by atoms with Gasteiger partial charge < -0.3 is 22.9 Å². The molecule has 0 radical (unpaired) electrons. The second kappa shape index (κ2) is 12.6. The van der Waals surface area contributed by atoms with Crippen molar-refractivity contribution >= 4 is 27.9 Å². The molecule has 214 valence electrons. The summed E-state index contributed by atoms with van der Waals surface area (Å²) in [5.41, 5.74) is -0.315. The van der Waals surface area contributed by atoms with Crippen molar-refractivity contribution in [1.29, 1.82) is 0 Å². The lowest BCUT2D eigenvalue weighted by molar-refractivity contribution is -0.870. The molecule has 0 aliphatic rings. The van der Waals surface area contributed by atoms with E-state index in [0.717, 1.165) is 28.9 Å². The number of alkyl halides is 3. The second-order valence-corrected chi connectivity index (χ2v) is 10.9. The van der Waals surface area contributed by atoms with E-state index in [4.69, 9.17) is 38.5 Å². The number of quaternary nitrogens is 1. The summed E-state index contributed by atoms with van der Waals surface area (Å²) in [6.45, 7) is 0.541. The van der Waals surface area contributed by atoms with Crippen LogP contribution < -0.4 is 10.5 Å². The third-order valence-corrected chi connectivity index (χ3v) is 4.82. The van der Waals surface area contributed by atoms with Gasteiger partial charge in [-0.1, -0.05) is 11.6 Å². The molecule has 39 heavy (non-hydrogen) atoms. The average Bonchev–Trinajstić information content (AvgIpc) is 3.13. The number of aromatic nitrogens is 2. The SMILES string of the molecule is CS(=O)(=O)[O-].C[N+](C)(C)CCOC(=O)Oc1ccc(Cl)cc1Cn1nc(-c2ccc(C(F)(F)F)cc2)oc1=O. The number of halogens is 4. The normalized spacial score (nSPS) is 11.9. The zero-order valence-corrected chi connectivity index (χ0v) is 22.8. The van der Waals surface area contributed by atoms with Crippen molar-refractivity contribution in [3.8, 4) is 17.2 Å². The standard InChI is InChI=1S/C22H22ClF3N3O5.CH4O3S/c1-29(2,3)10-11-32-21(31)33-18-9-8-17(23)12-15(18)13-28-20(30)34-19(27-28)14-4-6-16(7-5-14)22(24,25)26;1-5(2,3)4/h4-9,12H,10-11,13H2,1-3H3;1H3,(H,2,3,4)/q+1;/p-1. The van der Waals surface area contributed by atoms with Crippen molar-refractivity contribution < 1.29 is 49.3 Å². The fourth-order valence-corrected chi connectivity index (χ4v) is 2.97. The Morgan fingerprint density at radius 3 is 2.28 bits per heavy atom. The van der Waals surface area contributed by atoms with Crippen LogP contribution in [0.1, 0.15) is 11.1 Å². The molecule has 0 amide bonds. The Kier molecular flexibility index (Phi) is 10.3. The number of ether oxygens (including phenoxy) is 2. The van der Waals surface area contributed by atoms with Crippen molar-refractivity contribution in [2.75, 3.05) is 40.6 Å². The van der Waals surface area contributed by atoms with E-state index in [1.807, 2.05) is 21.1 Å². The van der Waals surface area contributed by atoms with E-state index in [9.17, 15) is 22.8 Å². The third-order valence-electron chi connectivity index (χ3n) is 4.58. The molecule has 0 aliphatic carbocycles. The molecule has 0 bridgehead atoms.